The number of thiophene rings is 1. The van der Waals surface area contributed by atoms with Crippen molar-refractivity contribution in [1.29, 1.82) is 5.26 Å². The van der Waals surface area contributed by atoms with Gasteiger partial charge in [0.25, 0.3) is 11.8 Å². The van der Waals surface area contributed by atoms with Crippen LogP contribution in [0, 0.1) is 11.3 Å². The molecule has 2 N–H and O–H groups in total. The predicted molar refractivity (Wildman–Crippen MR) is 113 cm³/mol. The van der Waals surface area contributed by atoms with Gasteiger partial charge in [0.2, 0.25) is 5.75 Å². The summed E-state index contributed by atoms with van der Waals surface area (Å²) in [6.45, 7) is 0. The van der Waals surface area contributed by atoms with E-state index in [9.17, 15) is 14.9 Å². The normalized spacial score (nSPS) is 11.2. The molecule has 3 rings (SSSR count). The quantitative estimate of drug-likeness (QED) is 0.547. The van der Waals surface area contributed by atoms with Crippen LogP contribution in [0.15, 0.2) is 47.1 Å². The number of nitrogens with zero attached hydrogens (tertiary/aromatic N) is 1. The molecule has 0 aliphatic carbocycles. The third-order valence-electron chi connectivity index (χ3n) is 4.24. The summed E-state index contributed by atoms with van der Waals surface area (Å²) in [6.07, 6.45) is 1.40. The van der Waals surface area contributed by atoms with Crippen LogP contribution in [0.4, 0.5) is 5.00 Å². The summed E-state index contributed by atoms with van der Waals surface area (Å²) in [7, 11) is 4.40. The van der Waals surface area contributed by atoms with E-state index in [1.54, 1.807) is 30.3 Å². The average Bonchev–Trinajstić information content (AvgIpc) is 3.48. The maximum atomic E-state index is 12.7. The zero-order valence-corrected chi connectivity index (χ0v) is 17.7. The van der Waals surface area contributed by atoms with Crippen LogP contribution in [0.5, 0.6) is 17.2 Å². The lowest BCUT2D eigenvalue weighted by Crippen LogP contribution is -2.27. The maximum Gasteiger partial charge on any atom is 0.291 e. The van der Waals surface area contributed by atoms with E-state index < -0.39 is 17.9 Å². The number of rotatable bonds is 8. The van der Waals surface area contributed by atoms with E-state index in [1.807, 2.05) is 0 Å². The van der Waals surface area contributed by atoms with Gasteiger partial charge in [-0.3, -0.25) is 9.59 Å². The minimum absolute atomic E-state index is 0.159. The number of carbonyl (C=O) groups is 2. The van der Waals surface area contributed by atoms with Gasteiger partial charge in [0, 0.05) is 0 Å². The van der Waals surface area contributed by atoms with E-state index in [2.05, 4.69) is 16.7 Å². The van der Waals surface area contributed by atoms with Crippen molar-refractivity contribution >= 4 is 28.2 Å². The lowest BCUT2D eigenvalue weighted by Gasteiger charge is -2.17. The molecule has 0 saturated carbocycles. The Labute approximate surface area is 182 Å². The molecule has 3 aromatic rings. The molecular weight excluding hydrogens is 422 g/mol. The zero-order chi connectivity index (χ0) is 22.4. The molecule has 0 bridgehead atoms. The number of hydrogen-bond acceptors (Lipinski definition) is 8. The first kappa shape index (κ1) is 21.7. The topological polar surface area (TPSA) is 123 Å². The number of nitriles is 1. The van der Waals surface area contributed by atoms with Crippen molar-refractivity contribution in [3.05, 3.63) is 58.9 Å². The molecule has 2 heterocycles. The molecule has 1 atom stereocenters. The number of nitrogens with one attached hydrogen (secondary N) is 2. The largest absolute Gasteiger partial charge is 0.493 e. The molecule has 10 heteroatoms. The number of methoxy groups -OCH3 is 3. The summed E-state index contributed by atoms with van der Waals surface area (Å²) < 4.78 is 20.9. The van der Waals surface area contributed by atoms with E-state index in [0.717, 1.165) is 11.3 Å². The third-order valence-corrected chi connectivity index (χ3v) is 5.24. The van der Waals surface area contributed by atoms with Crippen LogP contribution < -0.4 is 24.8 Å². The van der Waals surface area contributed by atoms with Gasteiger partial charge in [-0.1, -0.05) is 0 Å². The number of ether oxygens (including phenoxy) is 3. The molecule has 0 aliphatic heterocycles. The Kier molecular flexibility index (Phi) is 6.79. The zero-order valence-electron chi connectivity index (χ0n) is 16.9. The minimum Gasteiger partial charge on any atom is -0.493 e. The molecule has 0 radical (unpaired) electrons. The van der Waals surface area contributed by atoms with Crippen LogP contribution in [0.3, 0.4) is 0 Å². The van der Waals surface area contributed by atoms with Crippen LogP contribution in [-0.2, 0) is 0 Å². The van der Waals surface area contributed by atoms with E-state index in [1.165, 1.54) is 33.7 Å². The Morgan fingerprint density at radius 1 is 1.06 bits per heavy atom. The molecule has 0 aliphatic rings. The molecule has 2 aromatic heterocycles. The second kappa shape index (κ2) is 9.69. The Bertz CT molecular complexity index is 1090. The van der Waals surface area contributed by atoms with Gasteiger partial charge in [-0.15, -0.1) is 11.3 Å². The smallest absolute Gasteiger partial charge is 0.291 e. The van der Waals surface area contributed by atoms with E-state index >= 15 is 0 Å². The lowest BCUT2D eigenvalue weighted by atomic mass is 10.1. The van der Waals surface area contributed by atoms with Crippen LogP contribution in [0.25, 0.3) is 0 Å². The molecule has 2 amide bonds. The van der Waals surface area contributed by atoms with Crippen LogP contribution in [0.2, 0.25) is 0 Å². The van der Waals surface area contributed by atoms with Crippen molar-refractivity contribution in [2.24, 2.45) is 0 Å². The number of hydrogen-bond donors (Lipinski definition) is 2. The molecular formula is C21H19N3O6S. The van der Waals surface area contributed by atoms with Gasteiger partial charge >= 0.3 is 0 Å². The summed E-state index contributed by atoms with van der Waals surface area (Å²) in [4.78, 5) is 25.1. The summed E-state index contributed by atoms with van der Waals surface area (Å²) in [5.74, 6) is 0.379. The van der Waals surface area contributed by atoms with Crippen molar-refractivity contribution < 1.29 is 28.2 Å². The molecule has 0 fully saturated rings. The van der Waals surface area contributed by atoms with Gasteiger partial charge in [-0.25, -0.2) is 0 Å². The highest BCUT2D eigenvalue weighted by atomic mass is 32.1. The Morgan fingerprint density at radius 2 is 1.77 bits per heavy atom. The fourth-order valence-corrected chi connectivity index (χ4v) is 3.57. The second-order valence-corrected chi connectivity index (χ2v) is 7.17. The number of amides is 2. The third kappa shape index (κ3) is 4.79. The SMILES string of the molecule is COc1cc(C(C#N)NC(=O)c2ccc(NC(=O)c3ccco3)s2)cc(OC)c1OC. The number of benzene rings is 1. The second-order valence-electron chi connectivity index (χ2n) is 6.09. The van der Waals surface area contributed by atoms with Gasteiger partial charge in [-0.2, -0.15) is 5.26 Å². The number of carbonyl (C=O) groups excluding carboxylic acids is 2. The highest BCUT2D eigenvalue weighted by Crippen LogP contribution is 2.39. The number of furan rings is 1. The molecule has 1 unspecified atom stereocenters. The Balaban J connectivity index is 1.76. The molecule has 9 nitrogen and oxygen atoms in total. The standard InChI is InChI=1S/C21H19N3O6S/c1-27-15-9-12(10-16(28-2)19(15)29-3)13(11-22)23-21(26)17-6-7-18(31-17)24-20(25)14-5-4-8-30-14/h4-10,13H,1-3H3,(H,23,26)(H,24,25). The highest BCUT2D eigenvalue weighted by molar-refractivity contribution is 7.18. The first-order valence-corrected chi connectivity index (χ1v) is 9.77. The highest BCUT2D eigenvalue weighted by Gasteiger charge is 2.22. The van der Waals surface area contributed by atoms with E-state index in [0.29, 0.717) is 32.7 Å². The van der Waals surface area contributed by atoms with E-state index in [4.69, 9.17) is 18.6 Å². The summed E-state index contributed by atoms with van der Waals surface area (Å²) in [5, 5.41) is 15.4. The van der Waals surface area contributed by atoms with Gasteiger partial charge in [0.05, 0.1) is 43.5 Å². The summed E-state index contributed by atoms with van der Waals surface area (Å²) in [5.41, 5.74) is 0.466. The van der Waals surface area contributed by atoms with Crippen molar-refractivity contribution in [2.75, 3.05) is 26.6 Å². The van der Waals surface area contributed by atoms with Gasteiger partial charge < -0.3 is 29.3 Å². The maximum absolute atomic E-state index is 12.7. The fourth-order valence-electron chi connectivity index (χ4n) is 2.77. The Morgan fingerprint density at radius 3 is 2.32 bits per heavy atom. The van der Waals surface area contributed by atoms with Crippen LogP contribution in [-0.4, -0.2) is 33.1 Å². The molecule has 31 heavy (non-hydrogen) atoms. The molecule has 0 saturated heterocycles. The van der Waals surface area contributed by atoms with Gasteiger partial charge in [0.15, 0.2) is 17.3 Å². The van der Waals surface area contributed by atoms with Gasteiger partial charge in [-0.05, 0) is 42.0 Å². The Hall–Kier alpha value is -3.97. The summed E-state index contributed by atoms with van der Waals surface area (Å²) in [6, 6.07) is 10.6. The van der Waals surface area contributed by atoms with Crippen molar-refractivity contribution in [3.63, 3.8) is 0 Å². The first-order chi connectivity index (χ1) is 15.0. The first-order valence-electron chi connectivity index (χ1n) is 8.95. The van der Waals surface area contributed by atoms with Crippen LogP contribution >= 0.6 is 11.3 Å². The number of anilines is 1. The van der Waals surface area contributed by atoms with E-state index in [-0.39, 0.29) is 5.76 Å². The lowest BCUT2D eigenvalue weighted by molar-refractivity contribution is 0.0947. The van der Waals surface area contributed by atoms with Crippen molar-refractivity contribution in [1.82, 2.24) is 5.32 Å². The monoisotopic (exact) mass is 441 g/mol. The average molecular weight is 441 g/mol. The van der Waals surface area contributed by atoms with Crippen molar-refractivity contribution in [3.8, 4) is 23.3 Å². The fraction of sp³-hybridized carbons (Fsp3) is 0.190. The minimum atomic E-state index is -0.968. The predicted octanol–water partition coefficient (Wildman–Crippen LogP) is 3.61. The molecule has 160 valence electrons. The molecule has 0 spiro atoms. The van der Waals surface area contributed by atoms with Gasteiger partial charge in [0.1, 0.15) is 6.04 Å². The molecule has 1 aromatic carbocycles. The summed E-state index contributed by atoms with van der Waals surface area (Å²) >= 11 is 1.07. The van der Waals surface area contributed by atoms with Crippen LogP contribution in [0.1, 0.15) is 31.8 Å². The van der Waals surface area contributed by atoms with Crippen molar-refractivity contribution in [2.45, 2.75) is 6.04 Å².